The van der Waals surface area contributed by atoms with E-state index in [1.165, 1.54) is 0 Å². The Morgan fingerprint density at radius 2 is 1.81 bits per heavy atom. The molecule has 1 heterocycles. The summed E-state index contributed by atoms with van der Waals surface area (Å²) in [6.45, 7) is 5.37. The number of carbonyl (C=O) groups excluding carboxylic acids is 2. The van der Waals surface area contributed by atoms with Crippen LogP contribution in [0.1, 0.15) is 29.7 Å². The fourth-order valence-electron chi connectivity index (χ4n) is 3.86. The van der Waals surface area contributed by atoms with Crippen LogP contribution in [-0.2, 0) is 9.59 Å². The number of Topliss-reactive ketones (excluding diaryl/α,β-unsaturated/α-hetero) is 1. The first kappa shape index (κ1) is 23.3. The zero-order chi connectivity index (χ0) is 23.4. The number of likely N-dealkylation sites (N-methyl/N-ethyl adjacent to an activating group) is 1. The number of nitrogens with zero attached hydrogens (tertiary/aromatic N) is 1. The van der Waals surface area contributed by atoms with Gasteiger partial charge in [-0.05, 0) is 55.3 Å². The first-order valence-electron chi connectivity index (χ1n) is 10.7. The lowest BCUT2D eigenvalue weighted by Crippen LogP contribution is -3.06. The number of aliphatic hydroxyl groups is 1. The van der Waals surface area contributed by atoms with Crippen molar-refractivity contribution in [3.05, 3.63) is 64.7 Å². The van der Waals surface area contributed by atoms with Gasteiger partial charge in [0.1, 0.15) is 17.3 Å². The molecule has 0 radical (unpaired) electrons. The summed E-state index contributed by atoms with van der Waals surface area (Å²) in [5.41, 5.74) is 2.14. The molecule has 2 aromatic rings. The number of amides is 1. The van der Waals surface area contributed by atoms with Crippen molar-refractivity contribution in [3.63, 3.8) is 0 Å². The Morgan fingerprint density at radius 1 is 1.12 bits per heavy atom. The molecule has 0 aliphatic carbocycles. The highest BCUT2D eigenvalue weighted by Gasteiger charge is 2.46. The van der Waals surface area contributed by atoms with Gasteiger partial charge < -0.3 is 24.4 Å². The van der Waals surface area contributed by atoms with Gasteiger partial charge in [-0.2, -0.15) is 0 Å². The monoisotopic (exact) mass is 439 g/mol. The average Bonchev–Trinajstić information content (AvgIpc) is 3.03. The van der Waals surface area contributed by atoms with E-state index >= 15 is 0 Å². The lowest BCUT2D eigenvalue weighted by atomic mass is 9.94. The minimum Gasteiger partial charge on any atom is -0.507 e. The lowest BCUT2D eigenvalue weighted by molar-refractivity contribution is -0.857. The fraction of sp³-hybridized carbons (Fsp3) is 0.360. The highest BCUT2D eigenvalue weighted by molar-refractivity contribution is 6.46. The third kappa shape index (κ3) is 4.62. The molecule has 1 saturated heterocycles. The van der Waals surface area contributed by atoms with E-state index in [1.54, 1.807) is 42.3 Å². The van der Waals surface area contributed by atoms with Crippen LogP contribution in [-0.4, -0.2) is 62.6 Å². The molecule has 1 aliphatic rings. The molecule has 1 atom stereocenters. The normalized spacial score (nSPS) is 17.8. The molecule has 0 spiro atoms. The van der Waals surface area contributed by atoms with Crippen LogP contribution in [0.25, 0.3) is 5.76 Å². The van der Waals surface area contributed by atoms with E-state index in [2.05, 4.69) is 0 Å². The maximum absolute atomic E-state index is 13.1. The molecule has 0 bridgehead atoms. The van der Waals surface area contributed by atoms with Crippen LogP contribution in [0.3, 0.4) is 0 Å². The van der Waals surface area contributed by atoms with Gasteiger partial charge in [0.2, 0.25) is 0 Å². The predicted octanol–water partition coefficient (Wildman–Crippen LogP) is 1.97. The summed E-state index contributed by atoms with van der Waals surface area (Å²) in [7, 11) is 5.55. The summed E-state index contributed by atoms with van der Waals surface area (Å²) in [5.74, 6) is -0.0781. The molecule has 1 unspecified atom stereocenters. The third-order valence-corrected chi connectivity index (χ3v) is 5.57. The number of ketones is 1. The first-order valence-corrected chi connectivity index (χ1v) is 10.7. The Balaban J connectivity index is 2.12. The van der Waals surface area contributed by atoms with Crippen molar-refractivity contribution in [3.8, 4) is 11.5 Å². The second kappa shape index (κ2) is 9.87. The van der Waals surface area contributed by atoms with E-state index in [1.807, 2.05) is 40.1 Å². The van der Waals surface area contributed by atoms with Crippen molar-refractivity contribution in [1.29, 1.82) is 0 Å². The van der Waals surface area contributed by atoms with Crippen LogP contribution in [0, 0.1) is 6.92 Å². The molecule has 3 rings (SSSR count). The second-order valence-electron chi connectivity index (χ2n) is 8.14. The Bertz CT molecular complexity index is 1030. The number of methoxy groups -OCH3 is 1. The standard InChI is InChI=1S/C25H30N2O5/c1-6-32-20-12-9-18(15-16(20)2)23(28)21-22(17-7-10-19(31-5)11-8-17)27(14-13-26(3)4)25(30)24(21)29/h7-12,15,22,28H,6,13-14H2,1-5H3/p+1. The minimum absolute atomic E-state index is 0.0949. The van der Waals surface area contributed by atoms with E-state index < -0.39 is 17.7 Å². The smallest absolute Gasteiger partial charge is 0.295 e. The third-order valence-electron chi connectivity index (χ3n) is 5.57. The molecule has 7 nitrogen and oxygen atoms in total. The summed E-state index contributed by atoms with van der Waals surface area (Å²) < 4.78 is 10.8. The molecular formula is C25H31N2O5+. The largest absolute Gasteiger partial charge is 0.507 e. The van der Waals surface area contributed by atoms with Gasteiger partial charge in [0.05, 0.1) is 52.5 Å². The highest BCUT2D eigenvalue weighted by atomic mass is 16.5. The number of nitrogens with one attached hydrogen (secondary N) is 1. The van der Waals surface area contributed by atoms with Gasteiger partial charge in [0, 0.05) is 5.56 Å². The minimum atomic E-state index is -0.677. The lowest BCUT2D eigenvalue weighted by Gasteiger charge is -2.25. The summed E-state index contributed by atoms with van der Waals surface area (Å²) in [6.07, 6.45) is 0. The molecular weight excluding hydrogens is 408 g/mol. The summed E-state index contributed by atoms with van der Waals surface area (Å²) in [6, 6.07) is 11.8. The number of aryl methyl sites for hydroxylation is 1. The molecule has 2 aromatic carbocycles. The number of rotatable bonds is 8. The number of benzene rings is 2. The Labute approximate surface area is 188 Å². The average molecular weight is 440 g/mol. The molecule has 7 heteroatoms. The second-order valence-corrected chi connectivity index (χ2v) is 8.14. The van der Waals surface area contributed by atoms with Crippen molar-refractivity contribution in [2.75, 3.05) is 40.9 Å². The number of quaternary nitrogens is 1. The maximum atomic E-state index is 13.1. The van der Waals surface area contributed by atoms with Crippen LogP contribution in [0.4, 0.5) is 0 Å². The molecule has 1 amide bonds. The summed E-state index contributed by atoms with van der Waals surface area (Å²) in [4.78, 5) is 28.7. The van der Waals surface area contributed by atoms with Gasteiger partial charge in [-0.3, -0.25) is 9.59 Å². The summed E-state index contributed by atoms with van der Waals surface area (Å²) >= 11 is 0. The fourth-order valence-corrected chi connectivity index (χ4v) is 3.86. The van der Waals surface area contributed by atoms with Gasteiger partial charge >= 0.3 is 0 Å². The van der Waals surface area contributed by atoms with Crippen molar-refractivity contribution < 1.29 is 29.1 Å². The van der Waals surface area contributed by atoms with E-state index in [-0.39, 0.29) is 11.3 Å². The van der Waals surface area contributed by atoms with E-state index in [0.717, 1.165) is 16.0 Å². The Hall–Kier alpha value is -3.32. The van der Waals surface area contributed by atoms with E-state index in [4.69, 9.17) is 9.47 Å². The van der Waals surface area contributed by atoms with Crippen LogP contribution in [0.2, 0.25) is 0 Å². The first-order chi connectivity index (χ1) is 15.3. The SMILES string of the molecule is CCOc1ccc(C(O)=C2C(=O)C(=O)N(CC[NH+](C)C)C2c2ccc(OC)cc2)cc1C. The van der Waals surface area contributed by atoms with E-state index in [0.29, 0.717) is 36.8 Å². The molecule has 1 aliphatic heterocycles. The van der Waals surface area contributed by atoms with Crippen molar-refractivity contribution in [2.24, 2.45) is 0 Å². The van der Waals surface area contributed by atoms with Crippen LogP contribution >= 0.6 is 0 Å². The zero-order valence-electron chi connectivity index (χ0n) is 19.3. The number of hydrogen-bond donors (Lipinski definition) is 2. The molecule has 170 valence electrons. The zero-order valence-corrected chi connectivity index (χ0v) is 19.3. The predicted molar refractivity (Wildman–Crippen MR) is 122 cm³/mol. The topological polar surface area (TPSA) is 80.5 Å². The number of likely N-dealkylation sites (tertiary alicyclic amines) is 1. The summed E-state index contributed by atoms with van der Waals surface area (Å²) in [5, 5.41) is 11.2. The molecule has 0 saturated carbocycles. The Kier molecular flexibility index (Phi) is 7.20. The number of carbonyl (C=O) groups is 2. The van der Waals surface area contributed by atoms with Crippen molar-refractivity contribution in [2.45, 2.75) is 19.9 Å². The van der Waals surface area contributed by atoms with Crippen LogP contribution in [0.5, 0.6) is 11.5 Å². The quantitative estimate of drug-likeness (QED) is 0.374. The van der Waals surface area contributed by atoms with Crippen molar-refractivity contribution >= 4 is 17.4 Å². The molecule has 0 aromatic heterocycles. The Morgan fingerprint density at radius 3 is 2.38 bits per heavy atom. The van der Waals surface area contributed by atoms with E-state index in [9.17, 15) is 14.7 Å². The molecule has 32 heavy (non-hydrogen) atoms. The van der Waals surface area contributed by atoms with Crippen LogP contribution < -0.4 is 14.4 Å². The van der Waals surface area contributed by atoms with Gasteiger partial charge in [-0.15, -0.1) is 0 Å². The highest BCUT2D eigenvalue weighted by Crippen LogP contribution is 2.40. The van der Waals surface area contributed by atoms with Crippen LogP contribution in [0.15, 0.2) is 48.0 Å². The molecule has 2 N–H and O–H groups in total. The van der Waals surface area contributed by atoms with Gasteiger partial charge in [-0.25, -0.2) is 0 Å². The number of ether oxygens (including phenoxy) is 2. The van der Waals surface area contributed by atoms with Gasteiger partial charge in [-0.1, -0.05) is 12.1 Å². The van der Waals surface area contributed by atoms with Gasteiger partial charge in [0.15, 0.2) is 0 Å². The van der Waals surface area contributed by atoms with Crippen molar-refractivity contribution in [1.82, 2.24) is 4.90 Å². The number of aliphatic hydroxyl groups excluding tert-OH is 1. The number of hydrogen-bond acceptors (Lipinski definition) is 5. The maximum Gasteiger partial charge on any atom is 0.295 e. The molecule has 1 fully saturated rings. The van der Waals surface area contributed by atoms with Gasteiger partial charge in [0.25, 0.3) is 11.7 Å².